The second-order valence-corrected chi connectivity index (χ2v) is 15.2. The molecule has 0 unspecified atom stereocenters. The molecule has 0 aliphatic heterocycles. The molecule has 0 saturated heterocycles. The van der Waals surface area contributed by atoms with Crippen LogP contribution in [0.15, 0.2) is 206 Å². The maximum atomic E-state index is 2.47. The molecular formula is C52H34N2S. The molecule has 0 aliphatic carbocycles. The lowest BCUT2D eigenvalue weighted by molar-refractivity contribution is 1.18. The van der Waals surface area contributed by atoms with Crippen LogP contribution in [0, 0.1) is 0 Å². The number of nitrogens with zero attached hydrogens (tertiary/aromatic N) is 2. The highest BCUT2D eigenvalue weighted by atomic mass is 32.1. The molecule has 0 radical (unpaired) electrons. The SMILES string of the molecule is c1ccc(-c2ccccc2N(c2ccc(-c3c4ccccc4cc4sc5ccccc5c34)cc2)c2cccc3c2c2ccccc2n3-c2ccccc2)cc1. The standard InChI is InChI=1S/C52H34N2S/c1-3-16-35(17-4-1)40-21-9-12-25-44(40)54(47-28-15-27-46-51(47)42-23-10-13-26-45(42)53(46)38-19-5-2-6-20-38)39-32-30-36(31-33-39)50-41-22-8-7-18-37(41)34-49-52(50)43-24-11-14-29-48(43)55-49/h1-34H. The van der Waals surface area contributed by atoms with Crippen molar-refractivity contribution in [2.45, 2.75) is 0 Å². The van der Waals surface area contributed by atoms with Gasteiger partial charge in [-0.1, -0.05) is 146 Å². The highest BCUT2D eigenvalue weighted by Crippen LogP contribution is 2.48. The molecule has 0 amide bonds. The van der Waals surface area contributed by atoms with Gasteiger partial charge >= 0.3 is 0 Å². The Labute approximate surface area is 323 Å². The van der Waals surface area contributed by atoms with Crippen LogP contribution in [-0.2, 0) is 0 Å². The summed E-state index contributed by atoms with van der Waals surface area (Å²) in [4.78, 5) is 2.47. The third-order valence-corrected chi connectivity index (χ3v) is 12.1. The van der Waals surface area contributed by atoms with Crippen LogP contribution in [0.2, 0.25) is 0 Å². The molecule has 11 aromatic rings. The molecule has 0 N–H and O–H groups in total. The smallest absolute Gasteiger partial charge is 0.0562 e. The van der Waals surface area contributed by atoms with Gasteiger partial charge in [-0.3, -0.25) is 0 Å². The first kappa shape index (κ1) is 31.6. The van der Waals surface area contributed by atoms with Crippen molar-refractivity contribution in [3.63, 3.8) is 0 Å². The molecule has 9 aromatic carbocycles. The van der Waals surface area contributed by atoms with Crippen molar-refractivity contribution in [3.05, 3.63) is 206 Å². The molecular weight excluding hydrogens is 685 g/mol. The number of rotatable bonds is 6. The van der Waals surface area contributed by atoms with E-state index in [-0.39, 0.29) is 0 Å². The number of fused-ring (bicyclic) bond motifs is 7. The van der Waals surface area contributed by atoms with Gasteiger partial charge in [0.25, 0.3) is 0 Å². The van der Waals surface area contributed by atoms with E-state index in [0.717, 1.165) is 22.7 Å². The Bertz CT molecular complexity index is 3190. The third-order valence-electron chi connectivity index (χ3n) is 11.0. The maximum absolute atomic E-state index is 2.47. The zero-order valence-electron chi connectivity index (χ0n) is 29.9. The summed E-state index contributed by atoms with van der Waals surface area (Å²) in [5, 5.41) is 7.62. The van der Waals surface area contributed by atoms with Crippen LogP contribution in [0.3, 0.4) is 0 Å². The number of thiophene rings is 1. The van der Waals surface area contributed by atoms with Gasteiger partial charge in [-0.2, -0.15) is 0 Å². The zero-order chi connectivity index (χ0) is 36.3. The van der Waals surface area contributed by atoms with Crippen LogP contribution in [0.5, 0.6) is 0 Å². The van der Waals surface area contributed by atoms with Crippen molar-refractivity contribution in [2.75, 3.05) is 4.90 Å². The molecule has 0 spiro atoms. The van der Waals surface area contributed by atoms with E-state index in [4.69, 9.17) is 0 Å². The first-order chi connectivity index (χ1) is 27.3. The quantitative estimate of drug-likeness (QED) is 0.166. The summed E-state index contributed by atoms with van der Waals surface area (Å²) >= 11 is 1.88. The van der Waals surface area contributed by atoms with Gasteiger partial charge in [0.1, 0.15) is 0 Å². The Kier molecular flexibility index (Phi) is 7.39. The summed E-state index contributed by atoms with van der Waals surface area (Å²) in [5.74, 6) is 0. The average Bonchev–Trinajstić information content (AvgIpc) is 3.80. The monoisotopic (exact) mass is 718 g/mol. The Balaban J connectivity index is 1.18. The van der Waals surface area contributed by atoms with Gasteiger partial charge in [-0.05, 0) is 88.1 Å². The van der Waals surface area contributed by atoms with Crippen LogP contribution >= 0.6 is 11.3 Å². The molecule has 0 fully saturated rings. The predicted octanol–water partition coefficient (Wildman–Crippen LogP) is 15.1. The predicted molar refractivity (Wildman–Crippen MR) is 237 cm³/mol. The number of hydrogen-bond acceptors (Lipinski definition) is 2. The molecule has 3 heteroatoms. The Morgan fingerprint density at radius 3 is 1.87 bits per heavy atom. The minimum atomic E-state index is 1.10. The lowest BCUT2D eigenvalue weighted by atomic mass is 9.93. The Morgan fingerprint density at radius 2 is 1.04 bits per heavy atom. The summed E-state index contributed by atoms with van der Waals surface area (Å²) in [6, 6.07) is 75.1. The molecule has 0 atom stereocenters. The van der Waals surface area contributed by atoms with E-state index in [2.05, 4.69) is 216 Å². The first-order valence-corrected chi connectivity index (χ1v) is 19.6. The minimum absolute atomic E-state index is 1.10. The zero-order valence-corrected chi connectivity index (χ0v) is 30.7. The molecule has 2 heterocycles. The van der Waals surface area contributed by atoms with Crippen molar-refractivity contribution in [2.24, 2.45) is 0 Å². The van der Waals surface area contributed by atoms with Crippen molar-refractivity contribution >= 4 is 81.1 Å². The molecule has 2 aromatic heterocycles. The summed E-state index contributed by atoms with van der Waals surface area (Å²) in [6.45, 7) is 0. The Morgan fingerprint density at radius 1 is 0.400 bits per heavy atom. The van der Waals surface area contributed by atoms with Gasteiger partial charge in [0.15, 0.2) is 0 Å². The van der Waals surface area contributed by atoms with E-state index >= 15 is 0 Å². The summed E-state index contributed by atoms with van der Waals surface area (Å²) in [5.41, 5.74) is 11.7. The fourth-order valence-corrected chi connectivity index (χ4v) is 9.77. The van der Waals surface area contributed by atoms with Crippen LogP contribution in [0.1, 0.15) is 0 Å². The molecule has 0 aliphatic rings. The van der Waals surface area contributed by atoms with E-state index < -0.39 is 0 Å². The number of benzene rings is 9. The molecule has 0 bridgehead atoms. The number of aromatic nitrogens is 1. The van der Waals surface area contributed by atoms with E-state index in [9.17, 15) is 0 Å². The van der Waals surface area contributed by atoms with Gasteiger partial charge in [0.05, 0.1) is 22.4 Å². The minimum Gasteiger partial charge on any atom is -0.309 e. The highest BCUT2D eigenvalue weighted by molar-refractivity contribution is 7.26. The third kappa shape index (κ3) is 5.09. The lowest BCUT2D eigenvalue weighted by Crippen LogP contribution is -2.11. The normalized spacial score (nSPS) is 11.6. The maximum Gasteiger partial charge on any atom is 0.0562 e. The average molecular weight is 719 g/mol. The molecule has 258 valence electrons. The van der Waals surface area contributed by atoms with E-state index in [0.29, 0.717) is 0 Å². The van der Waals surface area contributed by atoms with Crippen LogP contribution in [0.25, 0.3) is 80.7 Å². The van der Waals surface area contributed by atoms with Gasteiger partial charge in [-0.15, -0.1) is 11.3 Å². The Hall–Kier alpha value is -6.94. The van der Waals surface area contributed by atoms with Crippen molar-refractivity contribution < 1.29 is 0 Å². The number of anilines is 3. The second kappa shape index (κ2) is 12.9. The number of para-hydroxylation sites is 3. The van der Waals surface area contributed by atoms with E-state index in [1.54, 1.807) is 0 Å². The summed E-state index contributed by atoms with van der Waals surface area (Å²) in [7, 11) is 0. The topological polar surface area (TPSA) is 8.17 Å². The summed E-state index contributed by atoms with van der Waals surface area (Å²) < 4.78 is 5.03. The molecule has 0 saturated carbocycles. The molecule has 11 rings (SSSR count). The lowest BCUT2D eigenvalue weighted by Gasteiger charge is -2.29. The second-order valence-electron chi connectivity index (χ2n) is 14.1. The van der Waals surface area contributed by atoms with Gasteiger partial charge < -0.3 is 9.47 Å². The van der Waals surface area contributed by atoms with Crippen LogP contribution in [0.4, 0.5) is 17.1 Å². The molecule has 55 heavy (non-hydrogen) atoms. The van der Waals surface area contributed by atoms with Gasteiger partial charge in [-0.25, -0.2) is 0 Å². The van der Waals surface area contributed by atoms with Crippen molar-refractivity contribution in [1.29, 1.82) is 0 Å². The molecule has 2 nitrogen and oxygen atoms in total. The van der Waals surface area contributed by atoms with Crippen LogP contribution in [-0.4, -0.2) is 4.57 Å². The van der Waals surface area contributed by atoms with Crippen molar-refractivity contribution in [1.82, 2.24) is 4.57 Å². The van der Waals surface area contributed by atoms with E-state index in [1.165, 1.54) is 75.0 Å². The van der Waals surface area contributed by atoms with Gasteiger partial charge in [0, 0.05) is 47.9 Å². The van der Waals surface area contributed by atoms with Crippen molar-refractivity contribution in [3.8, 4) is 27.9 Å². The fourth-order valence-electron chi connectivity index (χ4n) is 8.61. The van der Waals surface area contributed by atoms with Gasteiger partial charge in [0.2, 0.25) is 0 Å². The first-order valence-electron chi connectivity index (χ1n) is 18.8. The highest BCUT2D eigenvalue weighted by Gasteiger charge is 2.23. The van der Waals surface area contributed by atoms with E-state index in [1.807, 2.05) is 11.3 Å². The summed E-state index contributed by atoms with van der Waals surface area (Å²) in [6.07, 6.45) is 0. The van der Waals surface area contributed by atoms with Crippen LogP contribution < -0.4 is 4.90 Å². The number of hydrogen-bond donors (Lipinski definition) is 0. The largest absolute Gasteiger partial charge is 0.309 e. The fraction of sp³-hybridized carbons (Fsp3) is 0.